The molecule has 0 saturated carbocycles. The normalized spacial score (nSPS) is 11.4. The average Bonchev–Trinajstić information content (AvgIpc) is 2.38. The van der Waals surface area contributed by atoms with Gasteiger partial charge in [-0.15, -0.1) is 0 Å². The summed E-state index contributed by atoms with van der Waals surface area (Å²) in [5.41, 5.74) is 9.83. The Bertz CT molecular complexity index is 381. The molecule has 0 amide bonds. The number of hydrogen-bond acceptors (Lipinski definition) is 2. The van der Waals surface area contributed by atoms with Crippen LogP contribution in [0.15, 0.2) is 18.2 Å². The summed E-state index contributed by atoms with van der Waals surface area (Å²) in [7, 11) is 0. The Morgan fingerprint density at radius 2 is 1.79 bits per heavy atom. The standard InChI is InChI=1S/C17H30N2/c1-6-16(7-2)19(12-13(3)4)17-9-8-14(5)10-15(17)11-18/h8-10,13,16H,6-7,11-12,18H2,1-5H3. The monoisotopic (exact) mass is 262 g/mol. The summed E-state index contributed by atoms with van der Waals surface area (Å²) in [6, 6.07) is 7.28. The maximum Gasteiger partial charge on any atom is 0.0414 e. The van der Waals surface area contributed by atoms with Crippen LogP contribution in [0.4, 0.5) is 5.69 Å². The summed E-state index contributed by atoms with van der Waals surface area (Å²) >= 11 is 0. The van der Waals surface area contributed by atoms with Gasteiger partial charge in [-0.3, -0.25) is 0 Å². The number of nitrogens with zero attached hydrogens (tertiary/aromatic N) is 1. The molecule has 0 aromatic heterocycles. The smallest absolute Gasteiger partial charge is 0.0414 e. The van der Waals surface area contributed by atoms with Crippen molar-refractivity contribution >= 4 is 5.69 Å². The molecule has 0 aliphatic carbocycles. The molecular weight excluding hydrogens is 232 g/mol. The van der Waals surface area contributed by atoms with Crippen molar-refractivity contribution < 1.29 is 0 Å². The lowest BCUT2D eigenvalue weighted by Crippen LogP contribution is -2.38. The van der Waals surface area contributed by atoms with E-state index >= 15 is 0 Å². The van der Waals surface area contributed by atoms with Gasteiger partial charge in [0.05, 0.1) is 0 Å². The lowest BCUT2D eigenvalue weighted by molar-refractivity contribution is 0.506. The third-order valence-electron chi connectivity index (χ3n) is 3.71. The highest BCUT2D eigenvalue weighted by molar-refractivity contribution is 5.55. The van der Waals surface area contributed by atoms with E-state index in [0.29, 0.717) is 18.5 Å². The van der Waals surface area contributed by atoms with Gasteiger partial charge in [-0.25, -0.2) is 0 Å². The average molecular weight is 262 g/mol. The fraction of sp³-hybridized carbons (Fsp3) is 0.647. The number of aryl methyl sites for hydroxylation is 1. The molecule has 0 heterocycles. The zero-order chi connectivity index (χ0) is 14.4. The van der Waals surface area contributed by atoms with Gasteiger partial charge in [-0.2, -0.15) is 0 Å². The Morgan fingerprint density at radius 3 is 2.26 bits per heavy atom. The SMILES string of the molecule is CCC(CC)N(CC(C)C)c1ccc(C)cc1CN. The maximum absolute atomic E-state index is 5.94. The maximum atomic E-state index is 5.94. The van der Waals surface area contributed by atoms with Crippen LogP contribution in [0.3, 0.4) is 0 Å². The van der Waals surface area contributed by atoms with Gasteiger partial charge in [-0.1, -0.05) is 45.4 Å². The molecule has 0 saturated heterocycles. The highest BCUT2D eigenvalue weighted by Gasteiger charge is 2.19. The minimum absolute atomic E-state index is 0.607. The van der Waals surface area contributed by atoms with Crippen molar-refractivity contribution in [1.82, 2.24) is 0 Å². The van der Waals surface area contributed by atoms with Crippen molar-refractivity contribution in [2.24, 2.45) is 11.7 Å². The van der Waals surface area contributed by atoms with E-state index in [1.807, 2.05) is 0 Å². The van der Waals surface area contributed by atoms with E-state index in [-0.39, 0.29) is 0 Å². The van der Waals surface area contributed by atoms with Gasteiger partial charge in [0.25, 0.3) is 0 Å². The van der Waals surface area contributed by atoms with Gasteiger partial charge < -0.3 is 10.6 Å². The number of hydrogen-bond donors (Lipinski definition) is 1. The first-order chi connectivity index (χ1) is 9.03. The molecule has 0 bridgehead atoms. The lowest BCUT2D eigenvalue weighted by atomic mass is 10.0. The van der Waals surface area contributed by atoms with E-state index in [1.54, 1.807) is 0 Å². The van der Waals surface area contributed by atoms with E-state index < -0.39 is 0 Å². The van der Waals surface area contributed by atoms with Crippen LogP contribution in [0.1, 0.15) is 51.7 Å². The van der Waals surface area contributed by atoms with Crippen LogP contribution < -0.4 is 10.6 Å². The number of anilines is 1. The first-order valence-corrected chi connectivity index (χ1v) is 7.59. The predicted octanol–water partition coefficient (Wildman–Crippen LogP) is 4.10. The minimum atomic E-state index is 0.607. The number of nitrogens with two attached hydrogens (primary N) is 1. The summed E-state index contributed by atoms with van der Waals surface area (Å²) in [4.78, 5) is 2.56. The first-order valence-electron chi connectivity index (χ1n) is 7.59. The van der Waals surface area contributed by atoms with Crippen LogP contribution in [0.2, 0.25) is 0 Å². The second kappa shape index (κ2) is 7.54. The van der Waals surface area contributed by atoms with Crippen molar-refractivity contribution in [3.05, 3.63) is 29.3 Å². The number of benzene rings is 1. The molecule has 108 valence electrons. The highest BCUT2D eigenvalue weighted by Crippen LogP contribution is 2.27. The molecule has 19 heavy (non-hydrogen) atoms. The van der Waals surface area contributed by atoms with Crippen LogP contribution >= 0.6 is 0 Å². The molecule has 0 unspecified atom stereocenters. The zero-order valence-electron chi connectivity index (χ0n) is 13.2. The molecular formula is C17H30N2. The molecule has 1 aromatic rings. The Labute approximate surface area is 119 Å². The van der Waals surface area contributed by atoms with Gasteiger partial charge in [0.1, 0.15) is 0 Å². The highest BCUT2D eigenvalue weighted by atomic mass is 15.2. The molecule has 1 aromatic carbocycles. The Morgan fingerprint density at radius 1 is 1.16 bits per heavy atom. The fourth-order valence-electron chi connectivity index (χ4n) is 2.72. The summed E-state index contributed by atoms with van der Waals surface area (Å²) < 4.78 is 0. The van der Waals surface area contributed by atoms with Gasteiger partial charge in [0.15, 0.2) is 0 Å². The third kappa shape index (κ3) is 4.24. The van der Waals surface area contributed by atoms with E-state index in [9.17, 15) is 0 Å². The summed E-state index contributed by atoms with van der Waals surface area (Å²) in [5.74, 6) is 0.660. The summed E-state index contributed by atoms with van der Waals surface area (Å²) in [6.45, 7) is 13.0. The van der Waals surface area contributed by atoms with Crippen LogP contribution in [-0.4, -0.2) is 12.6 Å². The van der Waals surface area contributed by atoms with Crippen molar-refractivity contribution in [3.8, 4) is 0 Å². The number of rotatable bonds is 7. The van der Waals surface area contributed by atoms with Gasteiger partial charge >= 0.3 is 0 Å². The van der Waals surface area contributed by atoms with Crippen LogP contribution in [0.25, 0.3) is 0 Å². The molecule has 2 nitrogen and oxygen atoms in total. The molecule has 0 aliphatic heterocycles. The van der Waals surface area contributed by atoms with Crippen molar-refractivity contribution in [2.45, 2.75) is 60.0 Å². The molecule has 0 atom stereocenters. The van der Waals surface area contributed by atoms with E-state index in [0.717, 1.165) is 6.54 Å². The predicted molar refractivity (Wildman–Crippen MR) is 85.6 cm³/mol. The molecule has 0 spiro atoms. The Hall–Kier alpha value is -1.02. The topological polar surface area (TPSA) is 29.3 Å². The second-order valence-corrected chi connectivity index (χ2v) is 5.85. The van der Waals surface area contributed by atoms with E-state index in [2.05, 4.69) is 57.7 Å². The lowest BCUT2D eigenvalue weighted by Gasteiger charge is -2.35. The zero-order valence-corrected chi connectivity index (χ0v) is 13.2. The van der Waals surface area contributed by atoms with Crippen molar-refractivity contribution in [3.63, 3.8) is 0 Å². The molecule has 0 aliphatic rings. The summed E-state index contributed by atoms with van der Waals surface area (Å²) in [6.07, 6.45) is 2.36. The quantitative estimate of drug-likeness (QED) is 0.801. The van der Waals surface area contributed by atoms with Gasteiger partial charge in [-0.05, 0) is 37.3 Å². The fourth-order valence-corrected chi connectivity index (χ4v) is 2.72. The Balaban J connectivity index is 3.15. The molecule has 2 N–H and O–H groups in total. The van der Waals surface area contributed by atoms with Crippen molar-refractivity contribution in [2.75, 3.05) is 11.4 Å². The molecule has 2 heteroatoms. The minimum Gasteiger partial charge on any atom is -0.368 e. The third-order valence-corrected chi connectivity index (χ3v) is 3.71. The molecule has 1 rings (SSSR count). The molecule has 0 radical (unpaired) electrons. The first kappa shape index (κ1) is 16.0. The van der Waals surface area contributed by atoms with Crippen LogP contribution in [0, 0.1) is 12.8 Å². The molecule has 0 fully saturated rings. The van der Waals surface area contributed by atoms with E-state index in [4.69, 9.17) is 5.73 Å². The van der Waals surface area contributed by atoms with Gasteiger partial charge in [0.2, 0.25) is 0 Å². The summed E-state index contributed by atoms with van der Waals surface area (Å²) in [5, 5.41) is 0. The largest absolute Gasteiger partial charge is 0.368 e. The van der Waals surface area contributed by atoms with Crippen molar-refractivity contribution in [1.29, 1.82) is 0 Å². The van der Waals surface area contributed by atoms with Crippen LogP contribution in [-0.2, 0) is 6.54 Å². The van der Waals surface area contributed by atoms with Gasteiger partial charge in [0, 0.05) is 24.8 Å². The Kier molecular flexibility index (Phi) is 6.36. The van der Waals surface area contributed by atoms with E-state index in [1.165, 1.54) is 29.7 Å². The van der Waals surface area contributed by atoms with Crippen LogP contribution in [0.5, 0.6) is 0 Å². The second-order valence-electron chi connectivity index (χ2n) is 5.85.